The fraction of sp³-hybridized carbons (Fsp3) is 0.609. The van der Waals surface area contributed by atoms with Gasteiger partial charge in [-0.15, -0.1) is 0 Å². The maximum Gasteiger partial charge on any atom is 0.322 e. The fourth-order valence-electron chi connectivity index (χ4n) is 4.16. The predicted octanol–water partition coefficient (Wildman–Crippen LogP) is 3.21. The third-order valence-electron chi connectivity index (χ3n) is 6.15. The van der Waals surface area contributed by atoms with Crippen molar-refractivity contribution in [2.24, 2.45) is 0 Å². The summed E-state index contributed by atoms with van der Waals surface area (Å²) in [5.41, 5.74) is 3.03. The predicted molar refractivity (Wildman–Crippen MR) is 117 cm³/mol. The van der Waals surface area contributed by atoms with Gasteiger partial charge in [-0.2, -0.15) is 0 Å². The molecule has 7 nitrogen and oxygen atoms in total. The molecular formula is C23H34N4O3. The maximum absolute atomic E-state index is 13.3. The number of benzene rings is 1. The average Bonchev–Trinajstić information content (AvgIpc) is 3.20. The second kappa shape index (κ2) is 10.5. The molecule has 7 heteroatoms. The van der Waals surface area contributed by atoms with Crippen molar-refractivity contribution in [1.82, 2.24) is 15.1 Å². The summed E-state index contributed by atoms with van der Waals surface area (Å²) in [6, 6.07) is 5.14. The lowest BCUT2D eigenvalue weighted by Gasteiger charge is -2.30. The van der Waals surface area contributed by atoms with Crippen LogP contribution in [0.3, 0.4) is 0 Å². The van der Waals surface area contributed by atoms with E-state index in [0.29, 0.717) is 39.0 Å². The number of carbonyl (C=O) groups excluding carboxylic acids is 3. The number of likely N-dealkylation sites (tertiary alicyclic amines) is 1. The molecule has 0 radical (unpaired) electrons. The first-order chi connectivity index (χ1) is 14.5. The molecule has 2 aliphatic rings. The first kappa shape index (κ1) is 22.1. The molecule has 1 aromatic rings. The fourth-order valence-corrected chi connectivity index (χ4v) is 4.16. The minimum absolute atomic E-state index is 0.00883. The minimum Gasteiger partial charge on any atom is -0.356 e. The van der Waals surface area contributed by atoms with E-state index in [1.807, 2.05) is 32.0 Å². The van der Waals surface area contributed by atoms with E-state index >= 15 is 0 Å². The number of amides is 4. The maximum atomic E-state index is 13.3. The summed E-state index contributed by atoms with van der Waals surface area (Å²) in [5, 5.41) is 5.87. The molecule has 1 aromatic carbocycles. The molecule has 0 aromatic heterocycles. The van der Waals surface area contributed by atoms with Gasteiger partial charge in [0.2, 0.25) is 11.8 Å². The summed E-state index contributed by atoms with van der Waals surface area (Å²) in [7, 11) is 0. The zero-order chi connectivity index (χ0) is 21.5. The molecule has 30 heavy (non-hydrogen) atoms. The monoisotopic (exact) mass is 414 g/mol. The summed E-state index contributed by atoms with van der Waals surface area (Å²) in [6.45, 7) is 6.39. The van der Waals surface area contributed by atoms with Crippen molar-refractivity contribution in [3.05, 3.63) is 29.3 Å². The number of carbonyl (C=O) groups is 3. The topological polar surface area (TPSA) is 81.8 Å². The molecule has 2 heterocycles. The van der Waals surface area contributed by atoms with Crippen molar-refractivity contribution in [2.75, 3.05) is 31.5 Å². The van der Waals surface area contributed by atoms with Crippen LogP contribution in [-0.4, -0.2) is 59.9 Å². The van der Waals surface area contributed by atoms with Crippen molar-refractivity contribution in [3.63, 3.8) is 0 Å². The Bertz CT molecular complexity index is 780. The second-order valence-electron chi connectivity index (χ2n) is 8.42. The average molecular weight is 415 g/mol. The van der Waals surface area contributed by atoms with Crippen LogP contribution >= 0.6 is 0 Å². The summed E-state index contributed by atoms with van der Waals surface area (Å²) in [4.78, 5) is 41.7. The first-order valence-corrected chi connectivity index (χ1v) is 11.2. The van der Waals surface area contributed by atoms with E-state index < -0.39 is 6.04 Å². The SMILES string of the molecule is Cc1ccc(NC(=O)N2CCC[C@H]2C(=O)N2CCCCCCNC(=O)CC2)cc1C. The number of rotatable bonds is 2. The molecule has 2 saturated heterocycles. The zero-order valence-corrected chi connectivity index (χ0v) is 18.2. The zero-order valence-electron chi connectivity index (χ0n) is 18.2. The van der Waals surface area contributed by atoms with Gasteiger partial charge in [0.15, 0.2) is 0 Å². The van der Waals surface area contributed by atoms with Crippen molar-refractivity contribution in [3.8, 4) is 0 Å². The van der Waals surface area contributed by atoms with Crippen LogP contribution in [0.5, 0.6) is 0 Å². The number of hydrogen-bond acceptors (Lipinski definition) is 3. The van der Waals surface area contributed by atoms with Crippen LogP contribution in [0.25, 0.3) is 0 Å². The van der Waals surface area contributed by atoms with Gasteiger partial charge in [0.1, 0.15) is 6.04 Å². The Balaban J connectivity index is 1.65. The highest BCUT2D eigenvalue weighted by atomic mass is 16.2. The van der Waals surface area contributed by atoms with Gasteiger partial charge in [0.25, 0.3) is 0 Å². The highest BCUT2D eigenvalue weighted by Crippen LogP contribution is 2.22. The number of urea groups is 1. The third kappa shape index (κ3) is 5.74. The molecule has 0 saturated carbocycles. The Morgan fingerprint density at radius 1 is 1.00 bits per heavy atom. The lowest BCUT2D eigenvalue weighted by Crippen LogP contribution is -2.49. The van der Waals surface area contributed by atoms with E-state index in [9.17, 15) is 14.4 Å². The summed E-state index contributed by atoms with van der Waals surface area (Å²) >= 11 is 0. The van der Waals surface area contributed by atoms with Crippen LogP contribution < -0.4 is 10.6 Å². The highest BCUT2D eigenvalue weighted by Gasteiger charge is 2.36. The van der Waals surface area contributed by atoms with Gasteiger partial charge in [-0.05, 0) is 62.8 Å². The lowest BCUT2D eigenvalue weighted by molar-refractivity contribution is -0.135. The Labute approximate surface area is 179 Å². The molecular weight excluding hydrogens is 380 g/mol. The Kier molecular flexibility index (Phi) is 7.71. The van der Waals surface area contributed by atoms with Crippen LogP contribution in [0.15, 0.2) is 18.2 Å². The molecule has 1 atom stereocenters. The van der Waals surface area contributed by atoms with Gasteiger partial charge in [-0.1, -0.05) is 18.9 Å². The molecule has 2 N–H and O–H groups in total. The van der Waals surface area contributed by atoms with Crippen molar-refractivity contribution in [2.45, 2.75) is 64.8 Å². The van der Waals surface area contributed by atoms with E-state index in [1.165, 1.54) is 5.56 Å². The van der Waals surface area contributed by atoms with Gasteiger partial charge in [0.05, 0.1) is 0 Å². The van der Waals surface area contributed by atoms with Gasteiger partial charge >= 0.3 is 6.03 Å². The van der Waals surface area contributed by atoms with Crippen LogP contribution in [0, 0.1) is 13.8 Å². The van der Waals surface area contributed by atoms with Gasteiger partial charge in [-0.3, -0.25) is 9.59 Å². The van der Waals surface area contributed by atoms with Crippen molar-refractivity contribution < 1.29 is 14.4 Å². The molecule has 164 valence electrons. The normalized spacial score (nSPS) is 21.0. The molecule has 2 aliphatic heterocycles. The molecule has 0 spiro atoms. The van der Waals surface area contributed by atoms with Crippen molar-refractivity contribution in [1.29, 1.82) is 0 Å². The van der Waals surface area contributed by atoms with Crippen LogP contribution in [0.1, 0.15) is 56.1 Å². The number of aryl methyl sites for hydroxylation is 2. The highest BCUT2D eigenvalue weighted by molar-refractivity contribution is 5.94. The standard InChI is InChI=1S/C23H34N4O3/c1-17-9-10-19(16-18(17)2)25-23(30)27-14-7-8-20(27)22(29)26-13-6-4-3-5-12-24-21(28)11-15-26/h9-10,16,20H,3-8,11-15H2,1-2H3,(H,24,28)(H,25,30)/t20-/m0/s1. The summed E-state index contributed by atoms with van der Waals surface area (Å²) in [5.74, 6) is -0.0414. The van der Waals surface area contributed by atoms with E-state index in [4.69, 9.17) is 0 Å². The first-order valence-electron chi connectivity index (χ1n) is 11.2. The summed E-state index contributed by atoms with van der Waals surface area (Å²) in [6.07, 6.45) is 5.80. The molecule has 2 fully saturated rings. The van der Waals surface area contributed by atoms with Crippen LogP contribution in [0.4, 0.5) is 10.5 Å². The molecule has 3 rings (SSSR count). The van der Waals surface area contributed by atoms with E-state index in [2.05, 4.69) is 10.6 Å². The van der Waals surface area contributed by atoms with Crippen LogP contribution in [-0.2, 0) is 9.59 Å². The Hall–Kier alpha value is -2.57. The molecule has 0 unspecified atom stereocenters. The van der Waals surface area contributed by atoms with E-state index in [1.54, 1.807) is 9.80 Å². The summed E-state index contributed by atoms with van der Waals surface area (Å²) < 4.78 is 0. The molecule has 0 aliphatic carbocycles. The van der Waals surface area contributed by atoms with Gasteiger partial charge in [-0.25, -0.2) is 4.79 Å². The lowest BCUT2D eigenvalue weighted by atomic mass is 10.1. The Morgan fingerprint density at radius 3 is 2.60 bits per heavy atom. The third-order valence-corrected chi connectivity index (χ3v) is 6.15. The largest absolute Gasteiger partial charge is 0.356 e. The second-order valence-corrected chi connectivity index (χ2v) is 8.42. The minimum atomic E-state index is -0.454. The quantitative estimate of drug-likeness (QED) is 0.780. The smallest absolute Gasteiger partial charge is 0.322 e. The molecule has 0 bridgehead atoms. The number of hydrogen-bond donors (Lipinski definition) is 2. The van der Waals surface area contributed by atoms with Gasteiger partial charge < -0.3 is 20.4 Å². The van der Waals surface area contributed by atoms with E-state index in [-0.39, 0.29) is 17.8 Å². The number of nitrogens with one attached hydrogen (secondary N) is 2. The number of nitrogens with zero attached hydrogens (tertiary/aromatic N) is 2. The Morgan fingerprint density at radius 2 is 1.80 bits per heavy atom. The van der Waals surface area contributed by atoms with Crippen LogP contribution in [0.2, 0.25) is 0 Å². The molecule has 4 amide bonds. The number of anilines is 1. The van der Waals surface area contributed by atoms with E-state index in [0.717, 1.165) is 43.4 Å². The van der Waals surface area contributed by atoms with Gasteiger partial charge in [0, 0.05) is 38.3 Å². The van der Waals surface area contributed by atoms with Crippen molar-refractivity contribution >= 4 is 23.5 Å².